The summed E-state index contributed by atoms with van der Waals surface area (Å²) in [6.45, 7) is 3.48. The summed E-state index contributed by atoms with van der Waals surface area (Å²) in [5.41, 5.74) is 1.64. The normalized spacial score (nSPS) is 12.2. The Morgan fingerprint density at radius 1 is 1.10 bits per heavy atom. The molecule has 0 aliphatic carbocycles. The van der Waals surface area contributed by atoms with Gasteiger partial charge in [-0.3, -0.25) is 9.10 Å². The number of carbonyl (C=O) groups excluding carboxylic acids is 1. The molecule has 0 bridgehead atoms. The molecule has 0 radical (unpaired) electrons. The van der Waals surface area contributed by atoms with E-state index in [0.717, 1.165) is 17.1 Å². The fourth-order valence-electron chi connectivity index (χ4n) is 3.06. The first-order chi connectivity index (χ1) is 14.2. The zero-order chi connectivity index (χ0) is 22.3. The number of nitrogens with zero attached hydrogens (tertiary/aromatic N) is 1. The Balaban J connectivity index is 2.29. The number of hydrogen-bond acceptors (Lipinski definition) is 5. The first-order valence-electron chi connectivity index (χ1n) is 9.80. The van der Waals surface area contributed by atoms with E-state index in [1.807, 2.05) is 37.3 Å². The van der Waals surface area contributed by atoms with Crippen molar-refractivity contribution in [2.75, 3.05) is 31.3 Å². The molecular formula is C22H30N2O5S. The van der Waals surface area contributed by atoms with Crippen LogP contribution in [0, 0.1) is 0 Å². The number of ether oxygens (including phenoxy) is 2. The van der Waals surface area contributed by atoms with Gasteiger partial charge in [-0.05, 0) is 38.3 Å². The van der Waals surface area contributed by atoms with Crippen LogP contribution < -0.4 is 19.1 Å². The zero-order valence-electron chi connectivity index (χ0n) is 18.1. The number of nitrogens with one attached hydrogen (secondary N) is 1. The van der Waals surface area contributed by atoms with Crippen LogP contribution >= 0.6 is 0 Å². The Hall–Kier alpha value is -2.74. The van der Waals surface area contributed by atoms with Crippen molar-refractivity contribution in [1.82, 2.24) is 5.32 Å². The van der Waals surface area contributed by atoms with Crippen LogP contribution in [0.4, 0.5) is 5.69 Å². The number of methoxy groups -OCH3 is 2. The minimum Gasteiger partial charge on any atom is -0.493 e. The molecule has 7 nitrogen and oxygen atoms in total. The molecule has 1 amide bonds. The zero-order valence-corrected chi connectivity index (χ0v) is 19.0. The van der Waals surface area contributed by atoms with Crippen molar-refractivity contribution in [2.24, 2.45) is 0 Å². The first kappa shape index (κ1) is 23.5. The van der Waals surface area contributed by atoms with E-state index in [0.29, 0.717) is 11.5 Å². The molecule has 1 N–H and O–H groups in total. The van der Waals surface area contributed by atoms with Crippen LogP contribution in [0.25, 0.3) is 0 Å². The summed E-state index contributed by atoms with van der Waals surface area (Å²) in [5, 5.41) is 2.96. The summed E-state index contributed by atoms with van der Waals surface area (Å²) in [6, 6.07) is 12.9. The summed E-state index contributed by atoms with van der Waals surface area (Å²) >= 11 is 0. The third kappa shape index (κ3) is 5.66. The van der Waals surface area contributed by atoms with Crippen LogP contribution in [0.1, 0.15) is 36.2 Å². The topological polar surface area (TPSA) is 84.9 Å². The summed E-state index contributed by atoms with van der Waals surface area (Å²) < 4.78 is 36.6. The maximum Gasteiger partial charge on any atom is 0.253 e. The second-order valence-corrected chi connectivity index (χ2v) is 9.28. The lowest BCUT2D eigenvalue weighted by molar-refractivity contribution is 0.0938. The predicted molar refractivity (Wildman–Crippen MR) is 119 cm³/mol. The Labute approximate surface area is 179 Å². The van der Waals surface area contributed by atoms with Crippen molar-refractivity contribution in [3.8, 4) is 11.5 Å². The van der Waals surface area contributed by atoms with E-state index >= 15 is 0 Å². The maximum atomic E-state index is 13.0. The molecule has 1 unspecified atom stereocenters. The Morgan fingerprint density at radius 2 is 1.70 bits per heavy atom. The highest BCUT2D eigenvalue weighted by Gasteiger charge is 2.25. The number of aryl methyl sites for hydroxylation is 1. The van der Waals surface area contributed by atoms with Crippen molar-refractivity contribution < 1.29 is 22.7 Å². The molecule has 0 spiro atoms. The van der Waals surface area contributed by atoms with E-state index in [1.54, 1.807) is 6.92 Å². The number of hydrogen-bond donors (Lipinski definition) is 1. The predicted octanol–water partition coefficient (Wildman–Crippen LogP) is 3.24. The summed E-state index contributed by atoms with van der Waals surface area (Å²) in [7, 11) is 0.783. The Kier molecular flexibility index (Phi) is 8.11. The molecule has 0 aliphatic heterocycles. The number of sulfonamides is 1. The lowest BCUT2D eigenvalue weighted by Gasteiger charge is -2.24. The lowest BCUT2D eigenvalue weighted by atomic mass is 10.1. The van der Waals surface area contributed by atoms with Gasteiger partial charge in [-0.25, -0.2) is 8.42 Å². The van der Waals surface area contributed by atoms with Crippen LogP contribution in [0.15, 0.2) is 42.5 Å². The molecule has 0 saturated carbocycles. The van der Waals surface area contributed by atoms with Crippen LogP contribution in [0.3, 0.4) is 0 Å². The highest BCUT2D eigenvalue weighted by Crippen LogP contribution is 2.36. The van der Waals surface area contributed by atoms with Crippen molar-refractivity contribution in [3.05, 3.63) is 53.6 Å². The number of carbonyl (C=O) groups is 1. The molecule has 0 saturated heterocycles. The first-order valence-corrected chi connectivity index (χ1v) is 11.4. The summed E-state index contributed by atoms with van der Waals surface area (Å²) in [4.78, 5) is 13.0. The molecule has 30 heavy (non-hydrogen) atoms. The maximum absolute atomic E-state index is 13.0. The number of rotatable bonds is 10. The number of amides is 1. The second kappa shape index (κ2) is 10.3. The van der Waals surface area contributed by atoms with Gasteiger partial charge in [0.25, 0.3) is 5.91 Å². The highest BCUT2D eigenvalue weighted by molar-refractivity contribution is 7.92. The molecule has 164 valence electrons. The highest BCUT2D eigenvalue weighted by atomic mass is 32.2. The molecule has 0 aliphatic rings. The fraction of sp³-hybridized carbons (Fsp3) is 0.409. The third-order valence-electron chi connectivity index (χ3n) is 4.95. The quantitative estimate of drug-likeness (QED) is 0.621. The molecule has 0 heterocycles. The number of anilines is 1. The molecular weight excluding hydrogens is 404 g/mol. The van der Waals surface area contributed by atoms with E-state index in [-0.39, 0.29) is 29.0 Å². The summed E-state index contributed by atoms with van der Waals surface area (Å²) in [6.07, 6.45) is 1.58. The number of benzene rings is 2. The lowest BCUT2D eigenvalue weighted by Crippen LogP contribution is -2.35. The van der Waals surface area contributed by atoms with E-state index in [9.17, 15) is 13.2 Å². The van der Waals surface area contributed by atoms with Gasteiger partial charge < -0.3 is 14.8 Å². The van der Waals surface area contributed by atoms with Crippen molar-refractivity contribution in [1.29, 1.82) is 0 Å². The van der Waals surface area contributed by atoms with E-state index < -0.39 is 10.0 Å². The van der Waals surface area contributed by atoms with Gasteiger partial charge in [0.1, 0.15) is 0 Å². The van der Waals surface area contributed by atoms with E-state index in [1.165, 1.54) is 39.0 Å². The standard InChI is InChI=1S/C22H30N2O5S/c1-6-30(26,27)24(3)19-15-21(29-5)20(28-4)14-18(19)22(25)23-16(2)12-13-17-10-8-7-9-11-17/h7-11,14-16H,6,12-13H2,1-5H3,(H,23,25). The van der Waals surface area contributed by atoms with Crippen molar-refractivity contribution in [2.45, 2.75) is 32.7 Å². The van der Waals surface area contributed by atoms with Gasteiger partial charge in [0.05, 0.1) is 31.2 Å². The van der Waals surface area contributed by atoms with Crippen molar-refractivity contribution in [3.63, 3.8) is 0 Å². The van der Waals surface area contributed by atoms with Gasteiger partial charge in [0.2, 0.25) is 10.0 Å². The van der Waals surface area contributed by atoms with Crippen molar-refractivity contribution >= 4 is 21.6 Å². The SMILES string of the molecule is CCS(=O)(=O)N(C)c1cc(OC)c(OC)cc1C(=O)NC(C)CCc1ccccc1. The molecule has 2 rings (SSSR count). The third-order valence-corrected chi connectivity index (χ3v) is 6.71. The van der Waals surface area contributed by atoms with Gasteiger partial charge >= 0.3 is 0 Å². The fourth-order valence-corrected chi connectivity index (χ4v) is 3.89. The molecule has 0 aromatic heterocycles. The van der Waals surface area contributed by atoms with Crippen LogP contribution in [-0.2, 0) is 16.4 Å². The molecule has 2 aromatic carbocycles. The Bertz CT molecular complexity index is 961. The van der Waals surface area contributed by atoms with Gasteiger partial charge in [-0.15, -0.1) is 0 Å². The van der Waals surface area contributed by atoms with Gasteiger partial charge in [0, 0.05) is 19.2 Å². The molecule has 1 atom stereocenters. The molecule has 2 aromatic rings. The average molecular weight is 435 g/mol. The average Bonchev–Trinajstić information content (AvgIpc) is 2.76. The minimum atomic E-state index is -3.57. The second-order valence-electron chi connectivity index (χ2n) is 6.99. The van der Waals surface area contributed by atoms with Crippen LogP contribution in [0.5, 0.6) is 11.5 Å². The van der Waals surface area contributed by atoms with Gasteiger partial charge in [-0.2, -0.15) is 0 Å². The van der Waals surface area contributed by atoms with E-state index in [4.69, 9.17) is 9.47 Å². The van der Waals surface area contributed by atoms with Gasteiger partial charge in [0.15, 0.2) is 11.5 Å². The summed E-state index contributed by atoms with van der Waals surface area (Å²) in [5.74, 6) is 0.237. The van der Waals surface area contributed by atoms with E-state index in [2.05, 4.69) is 5.32 Å². The van der Waals surface area contributed by atoms with Crippen LogP contribution in [-0.4, -0.2) is 47.4 Å². The minimum absolute atomic E-state index is 0.0909. The Morgan fingerprint density at radius 3 is 2.27 bits per heavy atom. The molecule has 0 fully saturated rings. The molecule has 8 heteroatoms. The largest absolute Gasteiger partial charge is 0.493 e. The van der Waals surface area contributed by atoms with Gasteiger partial charge in [-0.1, -0.05) is 30.3 Å². The smallest absolute Gasteiger partial charge is 0.253 e. The monoisotopic (exact) mass is 434 g/mol. The van der Waals surface area contributed by atoms with Crippen LogP contribution in [0.2, 0.25) is 0 Å².